The number of H-pyrrole nitrogens is 1. The van der Waals surface area contributed by atoms with Gasteiger partial charge in [0.15, 0.2) is 0 Å². The number of phenols is 1. The van der Waals surface area contributed by atoms with E-state index in [2.05, 4.69) is 4.98 Å². The number of cyclic esters (lactones) is 1. The zero-order valence-corrected chi connectivity index (χ0v) is 15.0. The minimum Gasteiger partial charge on any atom is -0.506 e. The number of benzene rings is 2. The van der Waals surface area contributed by atoms with Crippen molar-refractivity contribution in [2.24, 2.45) is 0 Å². The van der Waals surface area contributed by atoms with E-state index in [0.29, 0.717) is 18.0 Å². The number of nitrogens with one attached hydrogen (secondary N) is 1. The Kier molecular flexibility index (Phi) is 4.24. The highest BCUT2D eigenvalue weighted by molar-refractivity contribution is 6.30. The average Bonchev–Trinajstić information content (AvgIpc) is 3.20. The number of hydrogen-bond donors (Lipinski definition) is 2. The summed E-state index contributed by atoms with van der Waals surface area (Å²) >= 11 is 6.04. The van der Waals surface area contributed by atoms with Gasteiger partial charge in [0.25, 0.3) is 0 Å². The molecule has 6 heteroatoms. The number of aromatic hydroxyl groups is 1. The van der Waals surface area contributed by atoms with Gasteiger partial charge in [0.05, 0.1) is 12.1 Å². The van der Waals surface area contributed by atoms with E-state index in [0.717, 1.165) is 22.0 Å². The van der Waals surface area contributed by atoms with E-state index in [1.165, 1.54) is 0 Å². The van der Waals surface area contributed by atoms with Crippen molar-refractivity contribution in [3.8, 4) is 5.75 Å². The first-order chi connectivity index (χ1) is 12.5. The van der Waals surface area contributed by atoms with Crippen LogP contribution in [-0.4, -0.2) is 33.7 Å². The van der Waals surface area contributed by atoms with Crippen LogP contribution in [0, 0.1) is 0 Å². The molecule has 0 aliphatic carbocycles. The van der Waals surface area contributed by atoms with Crippen LogP contribution in [0.3, 0.4) is 0 Å². The van der Waals surface area contributed by atoms with E-state index < -0.39 is 0 Å². The molecular formula is C20H19ClN2O3. The largest absolute Gasteiger partial charge is 0.506 e. The second-order valence-corrected chi connectivity index (χ2v) is 7.08. The quantitative estimate of drug-likeness (QED) is 0.702. The third-order valence-electron chi connectivity index (χ3n) is 4.89. The number of carbonyl (C=O) groups excluding carboxylic acids is 1. The zero-order valence-electron chi connectivity index (χ0n) is 14.3. The van der Waals surface area contributed by atoms with Gasteiger partial charge in [-0.15, -0.1) is 0 Å². The van der Waals surface area contributed by atoms with Crippen molar-refractivity contribution >= 4 is 28.6 Å². The predicted molar refractivity (Wildman–Crippen MR) is 101 cm³/mol. The SMILES string of the molecule is C[C@@H](Cc1c[nH]c2c(O)cccc12)N1C[C@@H](c2cccc(Cl)c2)OC1=O. The number of aromatic amines is 1. The maximum atomic E-state index is 12.4. The molecule has 2 N–H and O–H groups in total. The minimum atomic E-state index is -0.315. The van der Waals surface area contributed by atoms with Gasteiger partial charge in [0.1, 0.15) is 11.9 Å². The van der Waals surface area contributed by atoms with Crippen LogP contribution in [0.25, 0.3) is 10.9 Å². The number of nitrogens with zero attached hydrogens (tertiary/aromatic N) is 1. The van der Waals surface area contributed by atoms with E-state index in [4.69, 9.17) is 16.3 Å². The molecule has 0 radical (unpaired) electrons. The standard InChI is InChI=1S/C20H19ClN2O3/c1-12(8-14-10-22-19-16(14)6-3-7-17(19)24)23-11-18(26-20(23)25)13-4-2-5-15(21)9-13/h2-7,9-10,12,18,22,24H,8,11H2,1H3/t12-,18-/m0/s1. The van der Waals surface area contributed by atoms with Gasteiger partial charge in [0.2, 0.25) is 0 Å². The number of hydrogen-bond acceptors (Lipinski definition) is 3. The molecule has 5 nitrogen and oxygen atoms in total. The van der Waals surface area contributed by atoms with Crippen LogP contribution in [0.15, 0.2) is 48.7 Å². The van der Waals surface area contributed by atoms with E-state index in [1.54, 1.807) is 17.0 Å². The number of carbonyl (C=O) groups is 1. The number of fused-ring (bicyclic) bond motifs is 1. The predicted octanol–water partition coefficient (Wildman–Crippen LogP) is 4.65. The summed E-state index contributed by atoms with van der Waals surface area (Å²) in [5, 5.41) is 11.5. The Morgan fingerprint density at radius 2 is 2.15 bits per heavy atom. The summed E-state index contributed by atoms with van der Waals surface area (Å²) in [6.07, 6.45) is 1.93. The Morgan fingerprint density at radius 1 is 1.35 bits per heavy atom. The lowest BCUT2D eigenvalue weighted by Crippen LogP contribution is -2.35. The first-order valence-electron chi connectivity index (χ1n) is 8.53. The molecule has 4 rings (SSSR count). The van der Waals surface area contributed by atoms with Gasteiger partial charge < -0.3 is 19.7 Å². The Bertz CT molecular complexity index is 969. The summed E-state index contributed by atoms with van der Waals surface area (Å²) in [7, 11) is 0. The average molecular weight is 371 g/mol. The molecule has 1 aromatic heterocycles. The molecule has 2 heterocycles. The smallest absolute Gasteiger partial charge is 0.410 e. The first kappa shape index (κ1) is 16.8. The number of para-hydroxylation sites is 1. The number of ether oxygens (including phenoxy) is 1. The Labute approximate surface area is 156 Å². The van der Waals surface area contributed by atoms with Crippen LogP contribution < -0.4 is 0 Å². The zero-order chi connectivity index (χ0) is 18.3. The van der Waals surface area contributed by atoms with Crippen molar-refractivity contribution in [1.29, 1.82) is 0 Å². The summed E-state index contributed by atoms with van der Waals surface area (Å²) in [4.78, 5) is 17.2. The molecule has 0 bridgehead atoms. The van der Waals surface area contributed by atoms with Gasteiger partial charge in [-0.05, 0) is 42.7 Å². The second kappa shape index (κ2) is 6.57. The van der Waals surface area contributed by atoms with Crippen LogP contribution in [0.2, 0.25) is 5.02 Å². The highest BCUT2D eigenvalue weighted by Crippen LogP contribution is 2.31. The normalized spacial score (nSPS) is 18.3. The minimum absolute atomic E-state index is 0.0342. The molecule has 134 valence electrons. The molecule has 3 aromatic rings. The number of halogens is 1. The maximum Gasteiger partial charge on any atom is 0.410 e. The summed E-state index contributed by atoms with van der Waals surface area (Å²) < 4.78 is 5.54. The molecular weight excluding hydrogens is 352 g/mol. The molecule has 1 aliphatic heterocycles. The number of amides is 1. The van der Waals surface area contributed by atoms with Gasteiger partial charge in [-0.2, -0.15) is 0 Å². The molecule has 0 saturated carbocycles. The van der Waals surface area contributed by atoms with E-state index in [1.807, 2.05) is 43.5 Å². The van der Waals surface area contributed by atoms with E-state index >= 15 is 0 Å². The Balaban J connectivity index is 1.52. The topological polar surface area (TPSA) is 65.6 Å². The molecule has 1 saturated heterocycles. The number of aromatic nitrogens is 1. The van der Waals surface area contributed by atoms with Gasteiger partial charge in [-0.3, -0.25) is 0 Å². The molecule has 1 aliphatic rings. The summed E-state index contributed by atoms with van der Waals surface area (Å²) in [6, 6.07) is 12.8. The Hall–Kier alpha value is -2.66. The highest BCUT2D eigenvalue weighted by atomic mass is 35.5. The fraction of sp³-hybridized carbons (Fsp3) is 0.250. The molecule has 1 fully saturated rings. The second-order valence-electron chi connectivity index (χ2n) is 6.65. The molecule has 1 amide bonds. The van der Waals surface area contributed by atoms with E-state index in [9.17, 15) is 9.90 Å². The van der Waals surface area contributed by atoms with Crippen LogP contribution in [0.5, 0.6) is 5.75 Å². The van der Waals surface area contributed by atoms with Gasteiger partial charge in [0, 0.05) is 22.6 Å². The van der Waals surface area contributed by atoms with Crippen LogP contribution in [-0.2, 0) is 11.2 Å². The van der Waals surface area contributed by atoms with Gasteiger partial charge in [-0.25, -0.2) is 4.79 Å². The number of rotatable bonds is 4. The van der Waals surface area contributed by atoms with Crippen LogP contribution in [0.1, 0.15) is 24.2 Å². The summed E-state index contributed by atoms with van der Waals surface area (Å²) in [5.41, 5.74) is 2.68. The molecule has 0 spiro atoms. The summed E-state index contributed by atoms with van der Waals surface area (Å²) in [6.45, 7) is 2.50. The third kappa shape index (κ3) is 2.99. The van der Waals surface area contributed by atoms with Crippen molar-refractivity contribution in [2.45, 2.75) is 25.5 Å². The van der Waals surface area contributed by atoms with Crippen molar-refractivity contribution in [3.05, 3.63) is 64.8 Å². The molecule has 2 atom stereocenters. The van der Waals surface area contributed by atoms with Gasteiger partial charge in [-0.1, -0.05) is 35.9 Å². The van der Waals surface area contributed by atoms with E-state index in [-0.39, 0.29) is 24.0 Å². The highest BCUT2D eigenvalue weighted by Gasteiger charge is 2.35. The van der Waals surface area contributed by atoms with Crippen molar-refractivity contribution in [2.75, 3.05) is 6.54 Å². The van der Waals surface area contributed by atoms with Crippen molar-refractivity contribution in [3.63, 3.8) is 0 Å². The van der Waals surface area contributed by atoms with Crippen molar-refractivity contribution < 1.29 is 14.6 Å². The third-order valence-corrected chi connectivity index (χ3v) is 5.12. The molecule has 0 unspecified atom stereocenters. The lowest BCUT2D eigenvalue weighted by Gasteiger charge is -2.21. The monoisotopic (exact) mass is 370 g/mol. The van der Waals surface area contributed by atoms with Crippen LogP contribution >= 0.6 is 11.6 Å². The lowest BCUT2D eigenvalue weighted by atomic mass is 10.0. The Morgan fingerprint density at radius 3 is 2.96 bits per heavy atom. The fourth-order valence-corrected chi connectivity index (χ4v) is 3.71. The van der Waals surface area contributed by atoms with Crippen LogP contribution in [0.4, 0.5) is 4.79 Å². The molecule has 2 aromatic carbocycles. The lowest BCUT2D eigenvalue weighted by molar-refractivity contribution is 0.129. The molecule has 26 heavy (non-hydrogen) atoms. The van der Waals surface area contributed by atoms with Crippen molar-refractivity contribution in [1.82, 2.24) is 9.88 Å². The summed E-state index contributed by atoms with van der Waals surface area (Å²) in [5.74, 6) is 0.225. The first-order valence-corrected chi connectivity index (χ1v) is 8.91. The maximum absolute atomic E-state index is 12.4. The number of phenolic OH excluding ortho intramolecular Hbond substituents is 1. The van der Waals surface area contributed by atoms with Gasteiger partial charge >= 0.3 is 6.09 Å². The fourth-order valence-electron chi connectivity index (χ4n) is 3.51.